The summed E-state index contributed by atoms with van der Waals surface area (Å²) in [6.45, 7) is 3.82. The van der Waals surface area contributed by atoms with Crippen LogP contribution in [0.2, 0.25) is 0 Å². The first-order valence-corrected chi connectivity index (χ1v) is 10.1. The molecule has 2 heterocycles. The molecule has 3 aromatic rings. The molecule has 0 spiro atoms. The fourth-order valence-corrected chi connectivity index (χ4v) is 4.01. The van der Waals surface area contributed by atoms with Crippen LogP contribution in [0.4, 0.5) is 5.82 Å². The Kier molecular flexibility index (Phi) is 5.34. The monoisotopic (exact) mass is 390 g/mol. The fourth-order valence-electron chi connectivity index (χ4n) is 4.01. The molecular weight excluding hydrogens is 364 g/mol. The summed E-state index contributed by atoms with van der Waals surface area (Å²) < 4.78 is 1.64. The number of aromatic nitrogens is 2. The summed E-state index contributed by atoms with van der Waals surface area (Å²) in [5.41, 5.74) is 3.75. The number of anilines is 1. The Morgan fingerprint density at radius 2 is 2.03 bits per heavy atom. The maximum absolute atomic E-state index is 12.9. The Bertz CT molecular complexity index is 1110. The Morgan fingerprint density at radius 1 is 1.21 bits per heavy atom. The molecule has 1 amide bonds. The first-order valence-electron chi connectivity index (χ1n) is 10.1. The van der Waals surface area contributed by atoms with E-state index < -0.39 is 0 Å². The largest absolute Gasteiger partial charge is 0.352 e. The summed E-state index contributed by atoms with van der Waals surface area (Å²) in [7, 11) is 1.77. The molecule has 1 aromatic heterocycles. The maximum atomic E-state index is 12.9. The van der Waals surface area contributed by atoms with Crippen molar-refractivity contribution in [1.29, 1.82) is 0 Å². The summed E-state index contributed by atoms with van der Waals surface area (Å²) in [6, 6.07) is 15.8. The van der Waals surface area contributed by atoms with Gasteiger partial charge in [-0.05, 0) is 37.5 Å². The third-order valence-electron chi connectivity index (χ3n) is 5.61. The summed E-state index contributed by atoms with van der Waals surface area (Å²) >= 11 is 0. The Morgan fingerprint density at radius 3 is 2.86 bits per heavy atom. The highest BCUT2D eigenvalue weighted by atomic mass is 16.2. The van der Waals surface area contributed by atoms with Gasteiger partial charge in [-0.3, -0.25) is 9.59 Å². The van der Waals surface area contributed by atoms with Gasteiger partial charge in [-0.2, -0.15) is 0 Å². The lowest BCUT2D eigenvalue weighted by Crippen LogP contribution is -2.45. The number of benzene rings is 2. The third-order valence-corrected chi connectivity index (χ3v) is 5.61. The van der Waals surface area contributed by atoms with Gasteiger partial charge in [-0.25, -0.2) is 4.98 Å². The number of aryl methyl sites for hydroxylation is 2. The van der Waals surface area contributed by atoms with E-state index >= 15 is 0 Å². The third kappa shape index (κ3) is 4.01. The number of rotatable bonds is 4. The second-order valence-corrected chi connectivity index (χ2v) is 7.78. The number of amides is 1. The van der Waals surface area contributed by atoms with Gasteiger partial charge in [0.25, 0.3) is 5.56 Å². The molecule has 1 saturated heterocycles. The number of hydrogen-bond acceptors (Lipinski definition) is 4. The first kappa shape index (κ1) is 19.2. The topological polar surface area (TPSA) is 67.2 Å². The molecule has 1 N–H and O–H groups in total. The van der Waals surface area contributed by atoms with Crippen LogP contribution in [0.1, 0.15) is 24.0 Å². The zero-order valence-electron chi connectivity index (χ0n) is 16.9. The van der Waals surface area contributed by atoms with Crippen molar-refractivity contribution in [3.05, 3.63) is 70.0 Å². The van der Waals surface area contributed by atoms with Gasteiger partial charge in [0.15, 0.2) is 5.82 Å². The number of carbonyl (C=O) groups excluding carboxylic acids is 1. The van der Waals surface area contributed by atoms with Gasteiger partial charge >= 0.3 is 0 Å². The molecule has 1 atom stereocenters. The lowest BCUT2D eigenvalue weighted by Gasteiger charge is -2.32. The molecule has 6 nitrogen and oxygen atoms in total. The van der Waals surface area contributed by atoms with Gasteiger partial charge in [0, 0.05) is 26.7 Å². The summed E-state index contributed by atoms with van der Waals surface area (Å²) in [5.74, 6) is 0.322. The molecule has 0 radical (unpaired) electrons. The van der Waals surface area contributed by atoms with Crippen LogP contribution in [-0.4, -0.2) is 28.5 Å². The van der Waals surface area contributed by atoms with Crippen LogP contribution in [0, 0.1) is 12.8 Å². The zero-order chi connectivity index (χ0) is 20.4. The molecule has 29 heavy (non-hydrogen) atoms. The number of hydrogen-bond donors (Lipinski definition) is 1. The Labute approximate surface area is 170 Å². The van der Waals surface area contributed by atoms with Crippen molar-refractivity contribution in [2.24, 2.45) is 13.0 Å². The zero-order valence-corrected chi connectivity index (χ0v) is 16.9. The quantitative estimate of drug-likeness (QED) is 0.744. The van der Waals surface area contributed by atoms with E-state index in [1.54, 1.807) is 11.6 Å². The number of para-hydroxylation sites is 2. The molecule has 6 heteroatoms. The van der Waals surface area contributed by atoms with E-state index in [1.165, 1.54) is 5.56 Å². The predicted octanol–water partition coefficient (Wildman–Crippen LogP) is 2.77. The molecule has 1 unspecified atom stereocenters. The second-order valence-electron chi connectivity index (χ2n) is 7.78. The average Bonchev–Trinajstić information content (AvgIpc) is 2.75. The second kappa shape index (κ2) is 8.07. The van der Waals surface area contributed by atoms with Gasteiger partial charge in [-0.15, -0.1) is 0 Å². The summed E-state index contributed by atoms with van der Waals surface area (Å²) in [6.07, 6.45) is 1.68. The van der Waals surface area contributed by atoms with Crippen LogP contribution in [0.5, 0.6) is 0 Å². The van der Waals surface area contributed by atoms with Crippen molar-refractivity contribution in [1.82, 2.24) is 14.9 Å². The highest BCUT2D eigenvalue weighted by Gasteiger charge is 2.28. The molecule has 0 aliphatic carbocycles. The average molecular weight is 390 g/mol. The lowest BCUT2D eigenvalue weighted by molar-refractivity contribution is -0.125. The van der Waals surface area contributed by atoms with Gasteiger partial charge < -0.3 is 14.8 Å². The smallest absolute Gasteiger partial charge is 0.293 e. The van der Waals surface area contributed by atoms with Gasteiger partial charge in [-0.1, -0.05) is 42.0 Å². The predicted molar refractivity (Wildman–Crippen MR) is 115 cm³/mol. The van der Waals surface area contributed by atoms with E-state index in [-0.39, 0.29) is 17.4 Å². The number of piperidine rings is 1. The molecule has 2 aromatic carbocycles. The van der Waals surface area contributed by atoms with Crippen LogP contribution in [0.3, 0.4) is 0 Å². The van der Waals surface area contributed by atoms with Crippen LogP contribution in [0.25, 0.3) is 11.0 Å². The van der Waals surface area contributed by atoms with Crippen molar-refractivity contribution in [3.63, 3.8) is 0 Å². The maximum Gasteiger partial charge on any atom is 0.293 e. The molecule has 4 rings (SSSR count). The van der Waals surface area contributed by atoms with Crippen molar-refractivity contribution in [2.75, 3.05) is 18.0 Å². The van der Waals surface area contributed by atoms with E-state index in [2.05, 4.69) is 16.4 Å². The number of carbonyl (C=O) groups is 1. The highest BCUT2D eigenvalue weighted by Crippen LogP contribution is 2.21. The van der Waals surface area contributed by atoms with Crippen molar-refractivity contribution >= 4 is 22.8 Å². The van der Waals surface area contributed by atoms with Crippen LogP contribution >= 0.6 is 0 Å². The molecule has 0 saturated carbocycles. The van der Waals surface area contributed by atoms with E-state index in [0.717, 1.165) is 36.0 Å². The molecule has 1 aliphatic heterocycles. The van der Waals surface area contributed by atoms with E-state index in [9.17, 15) is 9.59 Å². The first-order chi connectivity index (χ1) is 14.0. The SMILES string of the molecule is Cc1cccc(CNC(=O)C2CCCN(c3nc4ccccc4n(C)c3=O)C2)c1. The summed E-state index contributed by atoms with van der Waals surface area (Å²) in [5, 5.41) is 3.05. The molecular formula is C23H26N4O2. The van der Waals surface area contributed by atoms with Crippen LogP contribution in [-0.2, 0) is 18.4 Å². The Hall–Kier alpha value is -3.15. The Balaban J connectivity index is 1.50. The molecule has 1 aliphatic rings. The standard InChI is InChI=1S/C23H26N4O2/c1-16-7-5-8-17(13-16)14-24-22(28)18-9-6-12-27(15-18)21-23(29)26(2)20-11-4-3-10-19(20)25-21/h3-5,7-8,10-11,13,18H,6,9,12,14-15H2,1-2H3,(H,24,28). The minimum absolute atomic E-state index is 0.0359. The normalized spacial score (nSPS) is 16.8. The fraction of sp³-hybridized carbons (Fsp3) is 0.348. The highest BCUT2D eigenvalue weighted by molar-refractivity contribution is 5.80. The number of nitrogens with zero attached hydrogens (tertiary/aromatic N) is 3. The van der Waals surface area contributed by atoms with Gasteiger partial charge in [0.05, 0.1) is 17.0 Å². The van der Waals surface area contributed by atoms with Crippen molar-refractivity contribution < 1.29 is 4.79 Å². The van der Waals surface area contributed by atoms with Crippen LogP contribution in [0.15, 0.2) is 53.3 Å². The summed E-state index contributed by atoms with van der Waals surface area (Å²) in [4.78, 5) is 32.2. The molecule has 1 fully saturated rings. The van der Waals surface area contributed by atoms with Gasteiger partial charge in [0.1, 0.15) is 0 Å². The number of fused-ring (bicyclic) bond motifs is 1. The van der Waals surface area contributed by atoms with Crippen LogP contribution < -0.4 is 15.8 Å². The molecule has 0 bridgehead atoms. The lowest BCUT2D eigenvalue weighted by atomic mass is 9.97. The van der Waals surface area contributed by atoms with Crippen molar-refractivity contribution in [2.45, 2.75) is 26.3 Å². The van der Waals surface area contributed by atoms with Gasteiger partial charge in [0.2, 0.25) is 5.91 Å². The van der Waals surface area contributed by atoms with E-state index in [1.807, 2.05) is 54.3 Å². The van der Waals surface area contributed by atoms with E-state index in [4.69, 9.17) is 0 Å². The minimum Gasteiger partial charge on any atom is -0.352 e. The van der Waals surface area contributed by atoms with Crippen molar-refractivity contribution in [3.8, 4) is 0 Å². The van der Waals surface area contributed by atoms with E-state index in [0.29, 0.717) is 18.9 Å². The minimum atomic E-state index is -0.147. The number of nitrogens with one attached hydrogen (secondary N) is 1. The molecule has 150 valence electrons.